The SMILES string of the molecule is Cc1ccc(S(=O)(=O)NCCC(=O)NCCOc2cccc3ccccc23)c(C)c1. The fraction of sp³-hybridized carbons (Fsp3) is 0.261. The van der Waals surface area contributed by atoms with Gasteiger partial charge in [0.2, 0.25) is 15.9 Å². The summed E-state index contributed by atoms with van der Waals surface area (Å²) in [4.78, 5) is 12.2. The highest BCUT2D eigenvalue weighted by molar-refractivity contribution is 7.89. The number of rotatable bonds is 9. The maximum atomic E-state index is 12.4. The van der Waals surface area contributed by atoms with Crippen molar-refractivity contribution in [3.8, 4) is 5.75 Å². The van der Waals surface area contributed by atoms with Crippen molar-refractivity contribution in [2.24, 2.45) is 0 Å². The third-order valence-electron chi connectivity index (χ3n) is 4.70. The van der Waals surface area contributed by atoms with Crippen LogP contribution in [0.4, 0.5) is 0 Å². The molecule has 6 nitrogen and oxygen atoms in total. The highest BCUT2D eigenvalue weighted by atomic mass is 32.2. The van der Waals surface area contributed by atoms with E-state index in [9.17, 15) is 13.2 Å². The highest BCUT2D eigenvalue weighted by Crippen LogP contribution is 2.24. The molecular formula is C23H26N2O4S. The molecule has 0 saturated carbocycles. The molecule has 3 aromatic rings. The average molecular weight is 427 g/mol. The summed E-state index contributed by atoms with van der Waals surface area (Å²) >= 11 is 0. The molecule has 0 atom stereocenters. The molecule has 3 rings (SSSR count). The van der Waals surface area contributed by atoms with Gasteiger partial charge in [0.15, 0.2) is 0 Å². The summed E-state index contributed by atoms with van der Waals surface area (Å²) in [6.45, 7) is 4.36. The summed E-state index contributed by atoms with van der Waals surface area (Å²) in [5, 5.41) is 4.86. The van der Waals surface area contributed by atoms with Gasteiger partial charge in [-0.1, -0.05) is 54.1 Å². The lowest BCUT2D eigenvalue weighted by Crippen LogP contribution is -2.33. The Morgan fingerprint density at radius 1 is 0.967 bits per heavy atom. The fourth-order valence-corrected chi connectivity index (χ4v) is 4.50. The zero-order chi connectivity index (χ0) is 21.6. The highest BCUT2D eigenvalue weighted by Gasteiger charge is 2.16. The molecule has 0 aliphatic heterocycles. The Balaban J connectivity index is 1.42. The number of amides is 1. The standard InChI is InChI=1S/C23H26N2O4S/c1-17-10-11-22(18(2)16-17)30(27,28)25-13-12-23(26)24-14-15-29-21-9-5-7-19-6-3-4-8-20(19)21/h3-11,16,25H,12-15H2,1-2H3,(H,24,26). The van der Waals surface area contributed by atoms with Crippen LogP contribution in [0, 0.1) is 13.8 Å². The van der Waals surface area contributed by atoms with Crippen molar-refractivity contribution in [1.82, 2.24) is 10.0 Å². The van der Waals surface area contributed by atoms with E-state index >= 15 is 0 Å². The molecule has 30 heavy (non-hydrogen) atoms. The monoisotopic (exact) mass is 426 g/mol. The van der Waals surface area contributed by atoms with Crippen LogP contribution < -0.4 is 14.8 Å². The molecule has 0 spiro atoms. The fourth-order valence-electron chi connectivity index (χ4n) is 3.24. The Kier molecular flexibility index (Phi) is 7.07. The van der Waals surface area contributed by atoms with E-state index in [1.807, 2.05) is 55.5 Å². The van der Waals surface area contributed by atoms with Crippen molar-refractivity contribution in [2.45, 2.75) is 25.2 Å². The Morgan fingerprint density at radius 3 is 2.53 bits per heavy atom. The number of benzene rings is 3. The second kappa shape index (κ2) is 9.73. The Morgan fingerprint density at radius 2 is 1.73 bits per heavy atom. The zero-order valence-corrected chi connectivity index (χ0v) is 18.0. The van der Waals surface area contributed by atoms with Crippen LogP contribution in [0.2, 0.25) is 0 Å². The number of hydrogen-bond acceptors (Lipinski definition) is 4. The summed E-state index contributed by atoms with van der Waals surface area (Å²) in [5.41, 5.74) is 1.68. The molecule has 0 unspecified atom stereocenters. The lowest BCUT2D eigenvalue weighted by Gasteiger charge is -2.11. The van der Waals surface area contributed by atoms with E-state index in [-0.39, 0.29) is 23.8 Å². The van der Waals surface area contributed by atoms with Gasteiger partial charge in [-0.2, -0.15) is 0 Å². The van der Waals surface area contributed by atoms with Crippen molar-refractivity contribution in [3.63, 3.8) is 0 Å². The molecule has 0 aromatic heterocycles. The summed E-state index contributed by atoms with van der Waals surface area (Å²) in [7, 11) is -3.64. The first-order valence-corrected chi connectivity index (χ1v) is 11.3. The van der Waals surface area contributed by atoms with E-state index in [1.165, 1.54) is 0 Å². The van der Waals surface area contributed by atoms with Crippen LogP contribution in [0.15, 0.2) is 65.6 Å². The minimum absolute atomic E-state index is 0.0334. The lowest BCUT2D eigenvalue weighted by molar-refractivity contribution is -0.121. The summed E-state index contributed by atoms with van der Waals surface area (Å²) in [6.07, 6.45) is 0.0540. The quantitative estimate of drug-likeness (QED) is 0.514. The molecule has 0 bridgehead atoms. The number of fused-ring (bicyclic) bond motifs is 1. The van der Waals surface area contributed by atoms with Crippen molar-refractivity contribution in [3.05, 3.63) is 71.8 Å². The van der Waals surface area contributed by atoms with E-state index in [0.29, 0.717) is 18.7 Å². The van der Waals surface area contributed by atoms with Gasteiger partial charge < -0.3 is 10.1 Å². The largest absolute Gasteiger partial charge is 0.491 e. The van der Waals surface area contributed by atoms with E-state index in [4.69, 9.17) is 4.74 Å². The topological polar surface area (TPSA) is 84.5 Å². The zero-order valence-electron chi connectivity index (χ0n) is 17.1. The van der Waals surface area contributed by atoms with Gasteiger partial charge >= 0.3 is 0 Å². The number of sulfonamides is 1. The van der Waals surface area contributed by atoms with Gasteiger partial charge in [0, 0.05) is 18.4 Å². The smallest absolute Gasteiger partial charge is 0.240 e. The van der Waals surface area contributed by atoms with E-state index in [2.05, 4.69) is 10.0 Å². The number of hydrogen-bond donors (Lipinski definition) is 2. The maximum absolute atomic E-state index is 12.4. The van der Waals surface area contributed by atoms with Crippen LogP contribution in [0.1, 0.15) is 17.5 Å². The van der Waals surface area contributed by atoms with Crippen molar-refractivity contribution in [1.29, 1.82) is 0 Å². The molecule has 0 radical (unpaired) electrons. The number of carbonyl (C=O) groups is 1. The Labute approximate surface area is 177 Å². The van der Waals surface area contributed by atoms with Crippen LogP contribution in [0.5, 0.6) is 5.75 Å². The second-order valence-electron chi connectivity index (χ2n) is 7.09. The summed E-state index contributed by atoms with van der Waals surface area (Å²) in [6, 6.07) is 18.9. The third kappa shape index (κ3) is 5.58. The predicted molar refractivity (Wildman–Crippen MR) is 118 cm³/mol. The Bertz CT molecular complexity index is 1140. The van der Waals surface area contributed by atoms with Crippen molar-refractivity contribution in [2.75, 3.05) is 19.7 Å². The van der Waals surface area contributed by atoms with E-state index in [0.717, 1.165) is 22.1 Å². The van der Waals surface area contributed by atoms with Crippen LogP contribution in [0.25, 0.3) is 10.8 Å². The lowest BCUT2D eigenvalue weighted by atomic mass is 10.1. The number of ether oxygens (including phenoxy) is 1. The minimum Gasteiger partial charge on any atom is -0.491 e. The first-order chi connectivity index (χ1) is 14.4. The molecular weight excluding hydrogens is 400 g/mol. The third-order valence-corrected chi connectivity index (χ3v) is 6.32. The minimum atomic E-state index is -3.64. The maximum Gasteiger partial charge on any atom is 0.240 e. The van der Waals surface area contributed by atoms with Gasteiger partial charge in [-0.05, 0) is 36.9 Å². The predicted octanol–water partition coefficient (Wildman–Crippen LogP) is 3.32. The first kappa shape index (κ1) is 21.8. The molecule has 0 saturated heterocycles. The average Bonchev–Trinajstić information content (AvgIpc) is 2.71. The number of carbonyl (C=O) groups excluding carboxylic acids is 1. The van der Waals surface area contributed by atoms with E-state index in [1.54, 1.807) is 19.1 Å². The second-order valence-corrected chi connectivity index (χ2v) is 8.83. The number of aryl methyl sites for hydroxylation is 2. The van der Waals surface area contributed by atoms with Gasteiger partial charge in [-0.25, -0.2) is 13.1 Å². The Hall–Kier alpha value is -2.90. The summed E-state index contributed by atoms with van der Waals surface area (Å²) in [5.74, 6) is 0.531. The van der Waals surface area contributed by atoms with Crippen LogP contribution in [-0.2, 0) is 14.8 Å². The molecule has 3 aromatic carbocycles. The summed E-state index contributed by atoms with van der Waals surface area (Å²) < 4.78 is 33.1. The van der Waals surface area contributed by atoms with Gasteiger partial charge in [0.1, 0.15) is 12.4 Å². The molecule has 7 heteroatoms. The molecule has 0 heterocycles. The van der Waals surface area contributed by atoms with Crippen molar-refractivity contribution >= 4 is 26.7 Å². The first-order valence-electron chi connectivity index (χ1n) is 9.81. The van der Waals surface area contributed by atoms with Crippen LogP contribution in [0.3, 0.4) is 0 Å². The van der Waals surface area contributed by atoms with Crippen LogP contribution in [-0.4, -0.2) is 34.0 Å². The van der Waals surface area contributed by atoms with Crippen molar-refractivity contribution < 1.29 is 17.9 Å². The van der Waals surface area contributed by atoms with E-state index < -0.39 is 10.0 Å². The normalized spacial score (nSPS) is 11.4. The molecule has 0 aliphatic rings. The molecule has 158 valence electrons. The van der Waals surface area contributed by atoms with Gasteiger partial charge in [0.25, 0.3) is 0 Å². The van der Waals surface area contributed by atoms with Gasteiger partial charge in [-0.3, -0.25) is 4.79 Å². The molecule has 0 aliphatic carbocycles. The number of nitrogens with one attached hydrogen (secondary N) is 2. The van der Waals surface area contributed by atoms with Gasteiger partial charge in [0.05, 0.1) is 11.4 Å². The molecule has 2 N–H and O–H groups in total. The molecule has 1 amide bonds. The van der Waals surface area contributed by atoms with Crippen LogP contribution >= 0.6 is 0 Å². The molecule has 0 fully saturated rings. The van der Waals surface area contributed by atoms with Gasteiger partial charge in [-0.15, -0.1) is 0 Å².